The molecule has 0 nitrogen and oxygen atoms in total. The van der Waals surface area contributed by atoms with Crippen LogP contribution in [0.1, 0.15) is 11.1 Å². The standard InChI is InChI=1S/C18H14/c1-14-12-17(15-8-4-2-5-9-15)13-18(14)16-10-6-3-7-11-16/h2-13H,1H2. The zero-order chi connectivity index (χ0) is 12.4. The zero-order valence-corrected chi connectivity index (χ0v) is 10.1. The van der Waals surface area contributed by atoms with Gasteiger partial charge in [-0.1, -0.05) is 67.2 Å². The van der Waals surface area contributed by atoms with Crippen LogP contribution < -0.4 is 0 Å². The Labute approximate surface area is 108 Å². The topological polar surface area (TPSA) is 0 Å². The highest BCUT2D eigenvalue weighted by Gasteiger charge is 2.13. The second-order valence-corrected chi connectivity index (χ2v) is 4.41. The molecular weight excluding hydrogens is 216 g/mol. The Morgan fingerprint density at radius 1 is 0.611 bits per heavy atom. The van der Waals surface area contributed by atoms with Crippen molar-refractivity contribution in [2.75, 3.05) is 0 Å². The monoisotopic (exact) mass is 230 g/mol. The van der Waals surface area contributed by atoms with Crippen LogP contribution in [0, 0.1) is 0 Å². The molecule has 1 aliphatic rings. The van der Waals surface area contributed by atoms with Crippen molar-refractivity contribution in [2.24, 2.45) is 0 Å². The molecule has 3 rings (SSSR count). The van der Waals surface area contributed by atoms with Gasteiger partial charge >= 0.3 is 0 Å². The average molecular weight is 230 g/mol. The molecule has 0 saturated heterocycles. The third-order valence-corrected chi connectivity index (χ3v) is 3.17. The lowest BCUT2D eigenvalue weighted by atomic mass is 10.0. The highest BCUT2D eigenvalue weighted by Crippen LogP contribution is 2.34. The van der Waals surface area contributed by atoms with Crippen LogP contribution >= 0.6 is 0 Å². The summed E-state index contributed by atoms with van der Waals surface area (Å²) >= 11 is 0. The molecule has 0 aliphatic heterocycles. The van der Waals surface area contributed by atoms with E-state index in [1.165, 1.54) is 22.3 Å². The Morgan fingerprint density at radius 2 is 1.17 bits per heavy atom. The minimum Gasteiger partial charge on any atom is -0.0911 e. The van der Waals surface area contributed by atoms with Gasteiger partial charge in [-0.2, -0.15) is 0 Å². The second kappa shape index (κ2) is 4.50. The first-order valence-electron chi connectivity index (χ1n) is 6.08. The first-order chi connectivity index (χ1) is 8.84. The lowest BCUT2D eigenvalue weighted by Gasteiger charge is -2.02. The van der Waals surface area contributed by atoms with Gasteiger partial charge < -0.3 is 0 Å². The quantitative estimate of drug-likeness (QED) is 0.700. The maximum atomic E-state index is 4.14. The zero-order valence-electron chi connectivity index (χ0n) is 10.1. The second-order valence-electron chi connectivity index (χ2n) is 4.41. The molecule has 0 aromatic heterocycles. The summed E-state index contributed by atoms with van der Waals surface area (Å²) in [5.74, 6) is 0. The lowest BCUT2D eigenvalue weighted by Crippen LogP contribution is -1.81. The van der Waals surface area contributed by atoms with Crippen LogP contribution in [0.2, 0.25) is 0 Å². The third-order valence-electron chi connectivity index (χ3n) is 3.17. The van der Waals surface area contributed by atoms with Gasteiger partial charge in [0, 0.05) is 0 Å². The summed E-state index contributed by atoms with van der Waals surface area (Å²) in [6.07, 6.45) is 4.37. The van der Waals surface area contributed by atoms with Crippen molar-refractivity contribution in [1.29, 1.82) is 0 Å². The predicted octanol–water partition coefficient (Wildman–Crippen LogP) is 4.72. The summed E-state index contributed by atoms with van der Waals surface area (Å²) in [7, 11) is 0. The maximum Gasteiger partial charge on any atom is -0.0111 e. The van der Waals surface area contributed by atoms with E-state index >= 15 is 0 Å². The number of hydrogen-bond acceptors (Lipinski definition) is 0. The fourth-order valence-corrected chi connectivity index (χ4v) is 2.24. The summed E-state index contributed by atoms with van der Waals surface area (Å²) in [6.45, 7) is 4.14. The van der Waals surface area contributed by atoms with E-state index in [9.17, 15) is 0 Å². The molecule has 2 aromatic rings. The predicted molar refractivity (Wildman–Crippen MR) is 78.0 cm³/mol. The third kappa shape index (κ3) is 1.93. The molecule has 0 heterocycles. The Kier molecular flexibility index (Phi) is 2.70. The van der Waals surface area contributed by atoms with Crippen molar-refractivity contribution >= 4 is 11.1 Å². The summed E-state index contributed by atoms with van der Waals surface area (Å²) in [4.78, 5) is 0. The van der Waals surface area contributed by atoms with Crippen molar-refractivity contribution in [3.05, 3.63) is 96.1 Å². The van der Waals surface area contributed by atoms with Crippen molar-refractivity contribution in [3.8, 4) is 0 Å². The van der Waals surface area contributed by atoms with E-state index in [1.54, 1.807) is 0 Å². The molecule has 0 heteroatoms. The maximum absolute atomic E-state index is 4.14. The molecule has 0 N–H and O–H groups in total. The summed E-state index contributed by atoms with van der Waals surface area (Å²) in [6, 6.07) is 20.8. The molecule has 0 atom stereocenters. The Morgan fingerprint density at radius 3 is 1.78 bits per heavy atom. The molecular formula is C18H14. The van der Waals surface area contributed by atoms with Gasteiger partial charge in [0.15, 0.2) is 0 Å². The Balaban J connectivity index is 2.00. The fourth-order valence-electron chi connectivity index (χ4n) is 2.24. The first kappa shape index (κ1) is 10.8. The van der Waals surface area contributed by atoms with E-state index in [2.05, 4.69) is 67.3 Å². The van der Waals surface area contributed by atoms with Crippen molar-refractivity contribution in [1.82, 2.24) is 0 Å². The molecule has 0 saturated carbocycles. The highest BCUT2D eigenvalue weighted by atomic mass is 14.2. The van der Waals surface area contributed by atoms with E-state index < -0.39 is 0 Å². The van der Waals surface area contributed by atoms with Crippen LogP contribution in [0.3, 0.4) is 0 Å². The van der Waals surface area contributed by atoms with Gasteiger partial charge in [-0.3, -0.25) is 0 Å². The average Bonchev–Trinajstić information content (AvgIpc) is 2.83. The van der Waals surface area contributed by atoms with Crippen LogP contribution in [0.15, 0.2) is 85.0 Å². The molecule has 0 radical (unpaired) electrons. The van der Waals surface area contributed by atoms with Gasteiger partial charge in [-0.15, -0.1) is 0 Å². The van der Waals surface area contributed by atoms with E-state index in [0.717, 1.165) is 5.57 Å². The Hall–Kier alpha value is -2.34. The summed E-state index contributed by atoms with van der Waals surface area (Å²) < 4.78 is 0. The van der Waals surface area contributed by atoms with Gasteiger partial charge in [-0.25, -0.2) is 0 Å². The van der Waals surface area contributed by atoms with E-state index in [-0.39, 0.29) is 0 Å². The normalized spacial score (nSPS) is 14.3. The van der Waals surface area contributed by atoms with Crippen molar-refractivity contribution in [2.45, 2.75) is 0 Å². The molecule has 1 aliphatic carbocycles. The number of benzene rings is 2. The number of hydrogen-bond donors (Lipinski definition) is 0. The van der Waals surface area contributed by atoms with Gasteiger partial charge in [0.1, 0.15) is 0 Å². The van der Waals surface area contributed by atoms with Crippen LogP contribution in [0.5, 0.6) is 0 Å². The largest absolute Gasteiger partial charge is 0.0911 e. The van der Waals surface area contributed by atoms with Crippen LogP contribution in [-0.4, -0.2) is 0 Å². The first-order valence-corrected chi connectivity index (χ1v) is 6.08. The van der Waals surface area contributed by atoms with Gasteiger partial charge in [0.25, 0.3) is 0 Å². The summed E-state index contributed by atoms with van der Waals surface area (Å²) in [5.41, 5.74) is 6.00. The van der Waals surface area contributed by atoms with Crippen molar-refractivity contribution < 1.29 is 0 Å². The molecule has 0 fully saturated rings. The number of rotatable bonds is 2. The molecule has 2 aromatic carbocycles. The molecule has 18 heavy (non-hydrogen) atoms. The minimum atomic E-state index is 1.08. The smallest absolute Gasteiger partial charge is 0.0111 e. The van der Waals surface area contributed by atoms with E-state index in [0.29, 0.717) is 0 Å². The molecule has 86 valence electrons. The fraction of sp³-hybridized carbons (Fsp3) is 0. The van der Waals surface area contributed by atoms with Gasteiger partial charge in [0.05, 0.1) is 0 Å². The number of allylic oxidation sites excluding steroid dienone is 5. The van der Waals surface area contributed by atoms with E-state index in [1.807, 2.05) is 12.1 Å². The van der Waals surface area contributed by atoms with Crippen LogP contribution in [0.4, 0.5) is 0 Å². The van der Waals surface area contributed by atoms with Crippen LogP contribution in [-0.2, 0) is 0 Å². The lowest BCUT2D eigenvalue weighted by molar-refractivity contribution is 1.61. The molecule has 0 unspecified atom stereocenters. The van der Waals surface area contributed by atoms with Gasteiger partial charge in [-0.05, 0) is 40.0 Å². The molecule has 0 spiro atoms. The molecule has 0 amide bonds. The van der Waals surface area contributed by atoms with Crippen LogP contribution in [0.25, 0.3) is 11.1 Å². The van der Waals surface area contributed by atoms with Gasteiger partial charge in [0.2, 0.25) is 0 Å². The summed E-state index contributed by atoms with van der Waals surface area (Å²) in [5, 5.41) is 0. The minimum absolute atomic E-state index is 1.08. The Bertz CT molecular complexity index is 588. The molecule has 0 bridgehead atoms. The SMILES string of the molecule is C=C1C=C(c2ccccc2)C=C1c1ccccc1. The van der Waals surface area contributed by atoms with E-state index in [4.69, 9.17) is 0 Å². The van der Waals surface area contributed by atoms with Crippen molar-refractivity contribution in [3.63, 3.8) is 0 Å². The highest BCUT2D eigenvalue weighted by molar-refractivity contribution is 5.98.